The highest BCUT2D eigenvalue weighted by atomic mass is 16.6. The third-order valence-corrected chi connectivity index (χ3v) is 12.2. The van der Waals surface area contributed by atoms with E-state index in [0.717, 1.165) is 48.4 Å². The van der Waals surface area contributed by atoms with Crippen LogP contribution in [-0.2, 0) is 34.5 Å². The average Bonchev–Trinajstić information content (AvgIpc) is 4.06. The Kier molecular flexibility index (Phi) is 13.6. The predicted molar refractivity (Wildman–Crippen MR) is 228 cm³/mol. The number of likely N-dealkylation sites (tertiary alicyclic amines) is 2. The van der Waals surface area contributed by atoms with Crippen LogP contribution in [0.25, 0.3) is 11.0 Å². The largest absolute Gasteiger partial charge is 0.496 e. The molecule has 3 aromatic carbocycles. The molecule has 1 unspecified atom stereocenters. The number of amides is 1. The lowest BCUT2D eigenvalue weighted by Crippen LogP contribution is -2.41. The number of piperidine rings is 1. The van der Waals surface area contributed by atoms with E-state index < -0.39 is 11.4 Å². The number of carbonyl (C=O) groups is 3. The Balaban J connectivity index is 1.08. The number of hydrogen-bond donors (Lipinski definition) is 0. The number of para-hydroxylation sites is 2. The Morgan fingerprint density at radius 2 is 1.62 bits per heavy atom. The molecule has 61 heavy (non-hydrogen) atoms. The molecular formula is C47H56N4O10. The van der Waals surface area contributed by atoms with Gasteiger partial charge >= 0.3 is 5.97 Å². The second-order valence-electron chi connectivity index (χ2n) is 15.7. The molecule has 2 aliphatic heterocycles. The quantitative estimate of drug-likeness (QED) is 0.0383. The lowest BCUT2D eigenvalue weighted by molar-refractivity contribution is -0.132. The number of nitrogens with zero attached hydrogens (tertiary/aromatic N) is 4. The Bertz CT molecular complexity index is 2330. The number of ether oxygens (including phenoxy) is 6. The standard InChI is InChI=1S/C47H56N4O10/c1-7-35-40(56-4)28-36(44(43(35)58-6)61-31(2)52)46(54)50-23-19-47(30-50,33-14-15-39(55-3)41(27-33)57-5)18-22-49-20-16-32(17-21-49)42(53)45-48-37-12-8-9-13-38(37)51(45)24-26-59-29-34-11-10-25-60-34/h8-15,25,27-28,32H,7,16-24,26,29-30H2,1-6H3. The van der Waals surface area contributed by atoms with Crippen molar-refractivity contribution in [1.82, 2.24) is 19.4 Å². The summed E-state index contributed by atoms with van der Waals surface area (Å²) >= 11 is 0. The third-order valence-electron chi connectivity index (χ3n) is 12.2. The van der Waals surface area contributed by atoms with Crippen LogP contribution in [0.1, 0.15) is 77.4 Å². The second kappa shape index (κ2) is 19.2. The number of ketones is 1. The van der Waals surface area contributed by atoms with Gasteiger partial charge in [-0.15, -0.1) is 0 Å². The summed E-state index contributed by atoms with van der Waals surface area (Å²) in [5, 5.41) is 0. The van der Waals surface area contributed by atoms with Crippen LogP contribution in [0.15, 0.2) is 71.3 Å². The van der Waals surface area contributed by atoms with Gasteiger partial charge < -0.3 is 47.2 Å². The van der Waals surface area contributed by atoms with Crippen molar-refractivity contribution in [3.8, 4) is 28.7 Å². The molecule has 0 radical (unpaired) electrons. The van der Waals surface area contributed by atoms with Crippen LogP contribution < -0.4 is 23.7 Å². The van der Waals surface area contributed by atoms with Crippen molar-refractivity contribution in [2.24, 2.45) is 5.92 Å². The number of furan rings is 1. The fraction of sp³-hybridized carbons (Fsp3) is 0.447. The van der Waals surface area contributed by atoms with Gasteiger partial charge in [0.25, 0.3) is 5.91 Å². The highest BCUT2D eigenvalue weighted by Gasteiger charge is 2.43. The van der Waals surface area contributed by atoms with Crippen molar-refractivity contribution >= 4 is 28.7 Å². The van der Waals surface area contributed by atoms with E-state index >= 15 is 0 Å². The fourth-order valence-electron chi connectivity index (χ4n) is 8.94. The van der Waals surface area contributed by atoms with Crippen LogP contribution in [0.2, 0.25) is 0 Å². The van der Waals surface area contributed by atoms with Crippen LogP contribution in [-0.4, -0.2) is 105 Å². The Labute approximate surface area is 356 Å². The minimum Gasteiger partial charge on any atom is -0.496 e. The number of Topliss-reactive ketones (excluding diaryl/α,β-unsaturated/α-hetero) is 1. The summed E-state index contributed by atoms with van der Waals surface area (Å²) in [4.78, 5) is 50.2. The lowest BCUT2D eigenvalue weighted by atomic mass is 9.76. The minimum atomic E-state index is -0.559. The first-order valence-electron chi connectivity index (χ1n) is 20.9. The molecule has 1 amide bonds. The van der Waals surface area contributed by atoms with Gasteiger partial charge in [0.2, 0.25) is 5.78 Å². The number of carbonyl (C=O) groups excluding carboxylic acids is 3. The van der Waals surface area contributed by atoms with Gasteiger partial charge in [0.15, 0.2) is 28.8 Å². The van der Waals surface area contributed by atoms with Crippen molar-refractivity contribution in [1.29, 1.82) is 0 Å². The average molecular weight is 837 g/mol. The van der Waals surface area contributed by atoms with E-state index in [4.69, 9.17) is 37.8 Å². The molecule has 0 spiro atoms. The monoisotopic (exact) mass is 836 g/mol. The highest BCUT2D eigenvalue weighted by Crippen LogP contribution is 2.45. The van der Waals surface area contributed by atoms with Gasteiger partial charge in [-0.1, -0.05) is 25.1 Å². The van der Waals surface area contributed by atoms with Crippen molar-refractivity contribution in [2.75, 3.05) is 67.8 Å². The van der Waals surface area contributed by atoms with Crippen LogP contribution in [0, 0.1) is 5.92 Å². The molecule has 0 bridgehead atoms. The Morgan fingerprint density at radius 3 is 2.31 bits per heavy atom. The smallest absolute Gasteiger partial charge is 0.308 e. The SMILES string of the molecule is CCc1c(OC)cc(C(=O)N2CCC(CCN3CCC(C(=O)c4nc5ccccc5n4CCOCc4ccco4)CC3)(c3ccc(OC)c(OC)c3)C2)c(OC(C)=O)c1OC. The molecule has 0 aliphatic carbocycles. The van der Waals surface area contributed by atoms with E-state index in [9.17, 15) is 14.4 Å². The van der Waals surface area contributed by atoms with E-state index in [1.165, 1.54) is 14.0 Å². The molecule has 2 fully saturated rings. The normalized spacial score (nSPS) is 17.1. The van der Waals surface area contributed by atoms with E-state index in [1.54, 1.807) is 33.7 Å². The number of imidazole rings is 1. The highest BCUT2D eigenvalue weighted by molar-refractivity contribution is 6.00. The van der Waals surface area contributed by atoms with Gasteiger partial charge in [0, 0.05) is 43.5 Å². The topological polar surface area (TPSA) is 144 Å². The summed E-state index contributed by atoms with van der Waals surface area (Å²) in [6.45, 7) is 7.66. The zero-order valence-electron chi connectivity index (χ0n) is 36.0. The molecule has 1 atom stereocenters. The van der Waals surface area contributed by atoms with Crippen LogP contribution in [0.5, 0.6) is 28.7 Å². The summed E-state index contributed by atoms with van der Waals surface area (Å²) in [6.07, 6.45) is 5.02. The summed E-state index contributed by atoms with van der Waals surface area (Å²) in [5.41, 5.74) is 3.20. The maximum atomic E-state index is 14.6. The van der Waals surface area contributed by atoms with Gasteiger partial charge in [-0.05, 0) is 99.8 Å². The van der Waals surface area contributed by atoms with Crippen molar-refractivity contribution in [3.05, 3.63) is 95.2 Å². The van der Waals surface area contributed by atoms with Crippen LogP contribution in [0.3, 0.4) is 0 Å². The maximum absolute atomic E-state index is 14.6. The van der Waals surface area contributed by atoms with E-state index in [0.29, 0.717) is 92.9 Å². The molecular weight excluding hydrogens is 781 g/mol. The van der Waals surface area contributed by atoms with Crippen LogP contribution in [0.4, 0.5) is 0 Å². The number of methoxy groups -OCH3 is 4. The first kappa shape index (κ1) is 43.2. The number of fused-ring (bicyclic) bond motifs is 1. The van der Waals surface area contributed by atoms with Gasteiger partial charge in [0.05, 0.1) is 57.9 Å². The summed E-state index contributed by atoms with van der Waals surface area (Å²) < 4.78 is 41.7. The fourth-order valence-corrected chi connectivity index (χ4v) is 8.94. The Hall–Kier alpha value is -5.86. The number of benzene rings is 3. The molecule has 7 rings (SSSR count). The zero-order chi connectivity index (χ0) is 43.1. The minimum absolute atomic E-state index is 0.0574. The first-order valence-corrected chi connectivity index (χ1v) is 20.9. The van der Waals surface area contributed by atoms with E-state index in [1.807, 2.05) is 64.9 Å². The number of aromatic nitrogens is 2. The van der Waals surface area contributed by atoms with Crippen molar-refractivity contribution in [3.63, 3.8) is 0 Å². The molecule has 2 aromatic heterocycles. The molecule has 14 nitrogen and oxygen atoms in total. The van der Waals surface area contributed by atoms with Crippen molar-refractivity contribution < 1.29 is 47.2 Å². The molecule has 2 saturated heterocycles. The molecule has 324 valence electrons. The van der Waals surface area contributed by atoms with E-state index in [-0.39, 0.29) is 28.9 Å². The van der Waals surface area contributed by atoms with Crippen LogP contribution >= 0.6 is 0 Å². The lowest BCUT2D eigenvalue weighted by Gasteiger charge is -2.36. The third kappa shape index (κ3) is 9.11. The molecule has 5 aromatic rings. The van der Waals surface area contributed by atoms with Gasteiger partial charge in [-0.2, -0.15) is 0 Å². The molecule has 0 saturated carbocycles. The van der Waals surface area contributed by atoms with Crippen molar-refractivity contribution in [2.45, 2.75) is 64.5 Å². The predicted octanol–water partition coefficient (Wildman–Crippen LogP) is 7.14. The van der Waals surface area contributed by atoms with Gasteiger partial charge in [0.1, 0.15) is 18.1 Å². The molecule has 0 N–H and O–H groups in total. The molecule has 2 aliphatic rings. The van der Waals surface area contributed by atoms with Gasteiger partial charge in [-0.25, -0.2) is 4.98 Å². The molecule has 4 heterocycles. The van der Waals surface area contributed by atoms with E-state index in [2.05, 4.69) is 11.0 Å². The first-order chi connectivity index (χ1) is 29.6. The second-order valence-corrected chi connectivity index (χ2v) is 15.7. The summed E-state index contributed by atoms with van der Waals surface area (Å²) in [7, 11) is 6.26. The zero-order valence-corrected chi connectivity index (χ0v) is 36.0. The summed E-state index contributed by atoms with van der Waals surface area (Å²) in [5.74, 6) is 2.39. The number of esters is 1. The van der Waals surface area contributed by atoms with Gasteiger partial charge in [-0.3, -0.25) is 14.4 Å². The maximum Gasteiger partial charge on any atom is 0.308 e. The number of hydrogen-bond acceptors (Lipinski definition) is 12. The molecule has 14 heteroatoms. The Morgan fingerprint density at radius 1 is 0.852 bits per heavy atom. The summed E-state index contributed by atoms with van der Waals surface area (Å²) in [6, 6.07) is 19.2. The number of rotatable bonds is 18.